The third-order valence-corrected chi connectivity index (χ3v) is 10.2. The summed E-state index contributed by atoms with van der Waals surface area (Å²) in [7, 11) is 0. The quantitative estimate of drug-likeness (QED) is 0.423. The molecule has 252 valence electrons. The molecule has 4 heterocycles. The van der Waals surface area contributed by atoms with Crippen LogP contribution in [0.4, 0.5) is 4.79 Å². The molecule has 4 amide bonds. The van der Waals surface area contributed by atoms with E-state index < -0.39 is 41.1 Å². The maximum atomic E-state index is 14.4. The van der Waals surface area contributed by atoms with Crippen molar-refractivity contribution in [2.75, 3.05) is 13.2 Å². The summed E-state index contributed by atoms with van der Waals surface area (Å²) in [5.41, 5.74) is 7.68. The summed E-state index contributed by atoms with van der Waals surface area (Å²) >= 11 is 0. The number of alkyl carbamates (subject to hydrolysis) is 1. The summed E-state index contributed by atoms with van der Waals surface area (Å²) in [4.78, 5) is 60.5. The smallest absolute Gasteiger partial charge is 0.407 e. The lowest BCUT2D eigenvalue weighted by Crippen LogP contribution is -2.57. The van der Waals surface area contributed by atoms with Crippen molar-refractivity contribution in [3.8, 4) is 5.75 Å². The van der Waals surface area contributed by atoms with Crippen molar-refractivity contribution in [1.82, 2.24) is 20.5 Å². The van der Waals surface area contributed by atoms with E-state index >= 15 is 0 Å². The van der Waals surface area contributed by atoms with Crippen molar-refractivity contribution in [1.29, 1.82) is 0 Å². The van der Waals surface area contributed by atoms with Gasteiger partial charge in [0.05, 0.1) is 24.4 Å². The number of primary amides is 1. The first-order valence-corrected chi connectivity index (χ1v) is 17.0. The number of hydrogen-bond acceptors (Lipinski definition) is 7. The van der Waals surface area contributed by atoms with E-state index in [1.807, 2.05) is 52.0 Å². The molecule has 1 saturated carbocycles. The van der Waals surface area contributed by atoms with Crippen LogP contribution in [0.5, 0.6) is 5.75 Å². The van der Waals surface area contributed by atoms with Crippen LogP contribution in [0.2, 0.25) is 0 Å². The lowest BCUT2D eigenvalue weighted by atomic mass is 9.87. The van der Waals surface area contributed by atoms with Crippen molar-refractivity contribution in [2.24, 2.45) is 17.6 Å². The second kappa shape index (κ2) is 12.8. The number of fused-ring (bicyclic) bond motifs is 5. The van der Waals surface area contributed by atoms with Crippen LogP contribution in [0.3, 0.4) is 0 Å². The first-order valence-electron chi connectivity index (χ1n) is 17.0. The Bertz CT molecular complexity index is 1620. The van der Waals surface area contributed by atoms with Gasteiger partial charge in [-0.05, 0) is 70.4 Å². The molecule has 0 bridgehead atoms. The monoisotopic (exact) mass is 645 g/mol. The van der Waals surface area contributed by atoms with E-state index in [2.05, 4.69) is 16.7 Å². The van der Waals surface area contributed by atoms with Gasteiger partial charge in [-0.1, -0.05) is 50.5 Å². The van der Waals surface area contributed by atoms with Gasteiger partial charge in [0.15, 0.2) is 0 Å². The molecule has 11 heteroatoms. The van der Waals surface area contributed by atoms with Gasteiger partial charge in [0, 0.05) is 23.3 Å². The highest BCUT2D eigenvalue weighted by atomic mass is 16.5. The predicted molar refractivity (Wildman–Crippen MR) is 177 cm³/mol. The van der Waals surface area contributed by atoms with E-state index in [0.29, 0.717) is 37.9 Å². The molecule has 1 aromatic heterocycles. The van der Waals surface area contributed by atoms with Gasteiger partial charge in [-0.25, -0.2) is 9.78 Å². The molecule has 3 aliphatic heterocycles. The first kappa shape index (κ1) is 32.8. The minimum absolute atomic E-state index is 0.137. The van der Waals surface area contributed by atoms with Gasteiger partial charge < -0.3 is 30.7 Å². The standard InChI is InChI=1S/C36H47N5O6/c1-21(2)19-46-34(45)39-28-11-9-7-5-6-8-10-24-17-36(24,33(37)44)40-31(42)29-18-35(20-41(29)32(28)43)15-14-25-26-16-22(3)12-13-27(26)38-23(4)30(25)47-35/h8,10,12-13,16,21,24,28-29H,5-7,9,11,14-15,17-20H2,1-4H3,(H2,37,44)(H,39,45)(H,40,42)/b10-8-/t24-,28+,29+,35-,36-/m1/s1. The molecule has 47 heavy (non-hydrogen) atoms. The Morgan fingerprint density at radius 1 is 1.19 bits per heavy atom. The topological polar surface area (TPSA) is 153 Å². The minimum Gasteiger partial charge on any atom is -0.483 e. The number of allylic oxidation sites excluding steroid dienone is 1. The van der Waals surface area contributed by atoms with Crippen LogP contribution in [0, 0.1) is 25.7 Å². The largest absolute Gasteiger partial charge is 0.483 e. The highest BCUT2D eigenvalue weighted by Crippen LogP contribution is 2.47. The zero-order valence-corrected chi connectivity index (χ0v) is 27.9. The van der Waals surface area contributed by atoms with E-state index in [4.69, 9.17) is 20.2 Å². The molecule has 2 fully saturated rings. The average Bonchev–Trinajstić information content (AvgIpc) is 3.61. The zero-order valence-electron chi connectivity index (χ0n) is 27.9. The number of aromatic nitrogens is 1. The number of nitrogens with one attached hydrogen (secondary N) is 2. The zero-order chi connectivity index (χ0) is 33.5. The van der Waals surface area contributed by atoms with E-state index in [9.17, 15) is 19.2 Å². The third kappa shape index (κ3) is 6.53. The SMILES string of the molecule is Cc1ccc2nc(C)c3c(c2c1)CC[C@]1(C[C@H]2C(=O)N[C@]4(C(N)=O)C[C@H]4/C=C\CCCCC[C@H](NC(=O)OCC(C)C)C(=O)N2C1)O3. The fraction of sp³-hybridized carbons (Fsp3) is 0.583. The van der Waals surface area contributed by atoms with Crippen molar-refractivity contribution in [3.05, 3.63) is 47.2 Å². The number of nitrogens with zero attached hydrogens (tertiary/aromatic N) is 2. The minimum atomic E-state index is -1.19. The Balaban J connectivity index is 1.34. The van der Waals surface area contributed by atoms with Gasteiger partial charge in [-0.15, -0.1) is 0 Å². The van der Waals surface area contributed by atoms with Crippen LogP contribution in [0.1, 0.15) is 82.0 Å². The first-order chi connectivity index (χ1) is 22.4. The maximum Gasteiger partial charge on any atom is 0.407 e. The summed E-state index contributed by atoms with van der Waals surface area (Å²) < 4.78 is 12.2. The van der Waals surface area contributed by atoms with E-state index in [1.54, 1.807) is 4.90 Å². The van der Waals surface area contributed by atoms with Crippen molar-refractivity contribution in [3.63, 3.8) is 0 Å². The molecule has 1 saturated heterocycles. The van der Waals surface area contributed by atoms with Gasteiger partial charge in [-0.3, -0.25) is 14.4 Å². The molecule has 5 atom stereocenters. The number of hydrogen-bond donors (Lipinski definition) is 3. The molecule has 1 spiro atoms. The number of benzene rings is 1. The van der Waals surface area contributed by atoms with Crippen molar-refractivity contribution < 1.29 is 28.7 Å². The second-order valence-electron chi connectivity index (χ2n) is 14.4. The van der Waals surface area contributed by atoms with Crippen molar-refractivity contribution in [2.45, 2.75) is 109 Å². The van der Waals surface area contributed by atoms with Crippen LogP contribution in [0.15, 0.2) is 30.4 Å². The van der Waals surface area contributed by atoms with E-state index in [-0.39, 0.29) is 37.3 Å². The lowest BCUT2D eigenvalue weighted by molar-refractivity contribution is -0.141. The summed E-state index contributed by atoms with van der Waals surface area (Å²) in [5, 5.41) is 6.81. The molecule has 11 nitrogen and oxygen atoms in total. The van der Waals surface area contributed by atoms with Gasteiger partial charge in [0.2, 0.25) is 17.7 Å². The number of pyridine rings is 1. The van der Waals surface area contributed by atoms with Crippen LogP contribution >= 0.6 is 0 Å². The number of amides is 4. The summed E-state index contributed by atoms with van der Waals surface area (Å²) in [6, 6.07) is 4.37. The molecule has 1 aliphatic carbocycles. The number of nitrogens with two attached hydrogens (primary N) is 1. The van der Waals surface area contributed by atoms with E-state index in [1.165, 1.54) is 0 Å². The number of carbonyl (C=O) groups excluding carboxylic acids is 4. The second-order valence-corrected chi connectivity index (χ2v) is 14.4. The lowest BCUT2D eigenvalue weighted by Gasteiger charge is -2.36. The molecular weight excluding hydrogens is 598 g/mol. The number of rotatable bonds is 4. The summed E-state index contributed by atoms with van der Waals surface area (Å²) in [6.07, 6.45) is 8.95. The average molecular weight is 646 g/mol. The van der Waals surface area contributed by atoms with E-state index in [0.717, 1.165) is 47.0 Å². The molecule has 4 aliphatic rings. The van der Waals surface area contributed by atoms with Gasteiger partial charge in [0.1, 0.15) is 29.0 Å². The van der Waals surface area contributed by atoms with Crippen LogP contribution in [-0.4, -0.2) is 70.1 Å². The van der Waals surface area contributed by atoms with Crippen molar-refractivity contribution >= 4 is 34.7 Å². The highest BCUT2D eigenvalue weighted by molar-refractivity contribution is 5.98. The summed E-state index contributed by atoms with van der Waals surface area (Å²) in [6.45, 7) is 8.23. The predicted octanol–water partition coefficient (Wildman–Crippen LogP) is 4.15. The molecule has 0 unspecified atom stereocenters. The van der Waals surface area contributed by atoms with Crippen LogP contribution < -0.4 is 21.1 Å². The Labute approximate surface area is 276 Å². The molecule has 4 N–H and O–H groups in total. The fourth-order valence-corrected chi connectivity index (χ4v) is 7.48. The Morgan fingerprint density at radius 3 is 2.77 bits per heavy atom. The molecule has 1 aromatic carbocycles. The third-order valence-electron chi connectivity index (χ3n) is 10.2. The normalized spacial score (nSPS) is 29.9. The maximum absolute atomic E-state index is 14.4. The number of carbonyl (C=O) groups is 4. The Kier molecular flexibility index (Phi) is 8.93. The number of aryl methyl sites for hydroxylation is 3. The molecule has 2 aromatic rings. The molecule has 6 rings (SSSR count). The Morgan fingerprint density at radius 2 is 2.00 bits per heavy atom. The number of ether oxygens (including phenoxy) is 2. The Hall–Kier alpha value is -4.15. The van der Waals surface area contributed by atoms with Crippen LogP contribution in [-0.2, 0) is 25.5 Å². The highest BCUT2D eigenvalue weighted by Gasteiger charge is 2.61. The van der Waals surface area contributed by atoms with Gasteiger partial charge in [-0.2, -0.15) is 0 Å². The van der Waals surface area contributed by atoms with Gasteiger partial charge in [0.25, 0.3) is 0 Å². The molecular formula is C36H47N5O6. The summed E-state index contributed by atoms with van der Waals surface area (Å²) in [5.74, 6) is -0.762. The fourth-order valence-electron chi connectivity index (χ4n) is 7.48. The van der Waals surface area contributed by atoms with Gasteiger partial charge >= 0.3 is 6.09 Å². The van der Waals surface area contributed by atoms with Crippen LogP contribution in [0.25, 0.3) is 10.9 Å². The molecule has 0 radical (unpaired) electrons.